The summed E-state index contributed by atoms with van der Waals surface area (Å²) >= 11 is 0. The number of hydrogen-bond donors (Lipinski definition) is 2. The molecular formula is C25H34N2O8. The summed E-state index contributed by atoms with van der Waals surface area (Å²) in [5.74, 6) is -2.03. The molecule has 2 heterocycles. The van der Waals surface area contributed by atoms with Gasteiger partial charge in [0.05, 0.1) is 25.2 Å². The Morgan fingerprint density at radius 2 is 1.86 bits per heavy atom. The molecule has 2 N–H and O–H groups in total. The maximum Gasteiger partial charge on any atom is 0.329 e. The first kappa shape index (κ1) is 25.2. The fourth-order valence-corrected chi connectivity index (χ4v) is 4.70. The van der Waals surface area contributed by atoms with Crippen molar-refractivity contribution in [3.05, 3.63) is 18.0 Å². The van der Waals surface area contributed by atoms with Gasteiger partial charge in [0.2, 0.25) is 0 Å². The van der Waals surface area contributed by atoms with Crippen LogP contribution in [-0.2, 0) is 23.8 Å². The average Bonchev–Trinajstić information content (AvgIpc) is 3.56. The number of carbonyl (C=O) groups excluding carboxylic acids is 3. The predicted molar refractivity (Wildman–Crippen MR) is 123 cm³/mol. The first-order valence-electron chi connectivity index (χ1n) is 12.5. The van der Waals surface area contributed by atoms with E-state index >= 15 is 0 Å². The quantitative estimate of drug-likeness (QED) is 0.553. The minimum absolute atomic E-state index is 0.0901. The molecule has 4 rings (SSSR count). The lowest BCUT2D eigenvalue weighted by Gasteiger charge is -2.32. The van der Waals surface area contributed by atoms with Gasteiger partial charge in [0.15, 0.2) is 23.3 Å². The van der Waals surface area contributed by atoms with Crippen LogP contribution in [-0.4, -0.2) is 65.5 Å². The van der Waals surface area contributed by atoms with Gasteiger partial charge in [-0.3, -0.25) is 9.59 Å². The normalized spacial score (nSPS) is 27.8. The van der Waals surface area contributed by atoms with Crippen LogP contribution in [0.4, 0.5) is 0 Å². The molecule has 1 saturated heterocycles. The Hall–Kier alpha value is -2.88. The lowest BCUT2D eigenvalue weighted by atomic mass is 10.0. The first-order chi connectivity index (χ1) is 16.9. The maximum atomic E-state index is 13.0. The van der Waals surface area contributed by atoms with Gasteiger partial charge < -0.3 is 29.4 Å². The molecule has 0 radical (unpaired) electrons. The molecule has 4 atom stereocenters. The number of aromatic hydroxyl groups is 1. The number of pyridine rings is 1. The second-order valence-corrected chi connectivity index (χ2v) is 9.57. The van der Waals surface area contributed by atoms with Crippen molar-refractivity contribution in [2.24, 2.45) is 5.92 Å². The third-order valence-corrected chi connectivity index (χ3v) is 6.86. The third-order valence-electron chi connectivity index (χ3n) is 6.86. The molecule has 1 aromatic rings. The van der Waals surface area contributed by atoms with Crippen LogP contribution in [0.15, 0.2) is 12.3 Å². The van der Waals surface area contributed by atoms with Crippen molar-refractivity contribution in [1.82, 2.24) is 10.3 Å². The molecular weight excluding hydrogens is 456 g/mol. The van der Waals surface area contributed by atoms with Gasteiger partial charge in [0.1, 0.15) is 12.1 Å². The van der Waals surface area contributed by atoms with Gasteiger partial charge in [0, 0.05) is 12.3 Å². The molecule has 35 heavy (non-hydrogen) atoms. The van der Waals surface area contributed by atoms with Crippen molar-refractivity contribution in [2.75, 3.05) is 7.11 Å². The van der Waals surface area contributed by atoms with E-state index in [1.54, 1.807) is 6.92 Å². The predicted octanol–water partition coefficient (Wildman–Crippen LogP) is 2.66. The molecule has 192 valence electrons. The summed E-state index contributed by atoms with van der Waals surface area (Å²) in [6.07, 6.45) is 6.72. The Balaban J connectivity index is 1.48. The zero-order valence-corrected chi connectivity index (χ0v) is 20.2. The molecule has 0 unspecified atom stereocenters. The van der Waals surface area contributed by atoms with Crippen molar-refractivity contribution in [3.8, 4) is 11.5 Å². The molecule has 2 aliphatic carbocycles. The number of aromatic nitrogens is 1. The molecule has 3 aliphatic rings. The van der Waals surface area contributed by atoms with Crippen LogP contribution in [0.5, 0.6) is 11.5 Å². The fourth-order valence-electron chi connectivity index (χ4n) is 4.70. The maximum absolute atomic E-state index is 13.0. The van der Waals surface area contributed by atoms with Crippen molar-refractivity contribution < 1.29 is 38.4 Å². The van der Waals surface area contributed by atoms with Crippen LogP contribution in [0, 0.1) is 5.92 Å². The van der Waals surface area contributed by atoms with E-state index in [1.807, 2.05) is 0 Å². The lowest BCUT2D eigenvalue weighted by molar-refractivity contribution is -0.184. The zero-order valence-electron chi connectivity index (χ0n) is 20.2. The highest BCUT2D eigenvalue weighted by Crippen LogP contribution is 2.33. The molecule has 0 bridgehead atoms. The highest BCUT2D eigenvalue weighted by Gasteiger charge is 2.41. The number of ether oxygens (including phenoxy) is 4. The number of nitrogens with zero attached hydrogens (tertiary/aromatic N) is 1. The van der Waals surface area contributed by atoms with E-state index in [0.29, 0.717) is 19.3 Å². The SMILES string of the molecule is COc1ccnc(C(=O)N[C@H]2CCC[C@H](OC3CCCC3)[C@@H](OC(=O)C3CC3)[C@H](C)OC2=O)c1O. The second kappa shape index (κ2) is 11.2. The summed E-state index contributed by atoms with van der Waals surface area (Å²) in [4.78, 5) is 42.2. The second-order valence-electron chi connectivity index (χ2n) is 9.57. The van der Waals surface area contributed by atoms with E-state index in [1.165, 1.54) is 19.4 Å². The summed E-state index contributed by atoms with van der Waals surface area (Å²) in [6.45, 7) is 1.69. The van der Waals surface area contributed by atoms with Gasteiger partial charge in [-0.05, 0) is 51.9 Å². The van der Waals surface area contributed by atoms with Crippen LogP contribution in [0.2, 0.25) is 0 Å². The van der Waals surface area contributed by atoms with Gasteiger partial charge in [0.25, 0.3) is 5.91 Å². The molecule has 0 spiro atoms. The Morgan fingerprint density at radius 1 is 1.11 bits per heavy atom. The number of amides is 1. The topological polar surface area (TPSA) is 133 Å². The zero-order chi connectivity index (χ0) is 24.9. The van der Waals surface area contributed by atoms with E-state index in [2.05, 4.69) is 10.3 Å². The lowest BCUT2D eigenvalue weighted by Crippen LogP contribution is -2.46. The van der Waals surface area contributed by atoms with Crippen LogP contribution >= 0.6 is 0 Å². The number of hydrogen-bond acceptors (Lipinski definition) is 9. The number of esters is 2. The van der Waals surface area contributed by atoms with Crippen LogP contribution in [0.3, 0.4) is 0 Å². The van der Waals surface area contributed by atoms with E-state index in [4.69, 9.17) is 18.9 Å². The Kier molecular flexibility index (Phi) is 8.10. The van der Waals surface area contributed by atoms with Crippen LogP contribution in [0.25, 0.3) is 0 Å². The Labute approximate surface area is 204 Å². The largest absolute Gasteiger partial charge is 0.503 e. The molecule has 10 heteroatoms. The van der Waals surface area contributed by atoms with E-state index < -0.39 is 42.0 Å². The molecule has 0 aromatic carbocycles. The van der Waals surface area contributed by atoms with E-state index in [-0.39, 0.29) is 29.4 Å². The van der Waals surface area contributed by atoms with E-state index in [0.717, 1.165) is 38.5 Å². The third kappa shape index (κ3) is 6.22. The van der Waals surface area contributed by atoms with Gasteiger partial charge in [-0.2, -0.15) is 0 Å². The van der Waals surface area contributed by atoms with Crippen molar-refractivity contribution in [2.45, 2.75) is 95.2 Å². The monoisotopic (exact) mass is 490 g/mol. The fraction of sp³-hybridized carbons (Fsp3) is 0.680. The Bertz CT molecular complexity index is 928. The first-order valence-corrected chi connectivity index (χ1v) is 12.5. The van der Waals surface area contributed by atoms with Gasteiger partial charge >= 0.3 is 11.9 Å². The van der Waals surface area contributed by atoms with Crippen LogP contribution < -0.4 is 10.1 Å². The summed E-state index contributed by atoms with van der Waals surface area (Å²) in [6, 6.07) is 0.470. The van der Waals surface area contributed by atoms with Gasteiger partial charge in [-0.25, -0.2) is 9.78 Å². The molecule has 1 aromatic heterocycles. The molecule has 1 amide bonds. The number of nitrogens with one attached hydrogen (secondary N) is 1. The number of rotatable bonds is 7. The molecule has 1 aliphatic heterocycles. The van der Waals surface area contributed by atoms with Crippen molar-refractivity contribution >= 4 is 17.8 Å². The summed E-state index contributed by atoms with van der Waals surface area (Å²) < 4.78 is 22.9. The highest BCUT2D eigenvalue weighted by atomic mass is 16.6. The summed E-state index contributed by atoms with van der Waals surface area (Å²) in [7, 11) is 1.37. The van der Waals surface area contributed by atoms with Gasteiger partial charge in [-0.1, -0.05) is 12.8 Å². The number of methoxy groups -OCH3 is 1. The molecule has 10 nitrogen and oxygen atoms in total. The standard InChI is InChI=1S/C25H34N2O8/c1-14-22(35-24(30)15-10-11-15)19(34-16-6-3-4-7-16)9-5-8-17(25(31)33-14)27-23(29)20-21(28)18(32-2)12-13-26-20/h12-17,19,22,28H,3-11H2,1-2H3,(H,27,29)/t14-,17-,19-,22-/m0/s1. The molecule has 3 fully saturated rings. The summed E-state index contributed by atoms with van der Waals surface area (Å²) in [5, 5.41) is 12.9. The van der Waals surface area contributed by atoms with E-state index in [9.17, 15) is 19.5 Å². The van der Waals surface area contributed by atoms with Gasteiger partial charge in [-0.15, -0.1) is 0 Å². The Morgan fingerprint density at radius 3 is 2.54 bits per heavy atom. The summed E-state index contributed by atoms with van der Waals surface area (Å²) in [5.41, 5.74) is -0.247. The minimum Gasteiger partial charge on any atom is -0.503 e. The molecule has 2 saturated carbocycles. The number of cyclic esters (lactones) is 1. The van der Waals surface area contributed by atoms with Crippen molar-refractivity contribution in [3.63, 3.8) is 0 Å². The minimum atomic E-state index is -0.956. The average molecular weight is 491 g/mol. The smallest absolute Gasteiger partial charge is 0.329 e. The van der Waals surface area contributed by atoms with Crippen molar-refractivity contribution in [1.29, 1.82) is 0 Å². The number of carbonyl (C=O) groups is 3. The highest BCUT2D eigenvalue weighted by molar-refractivity contribution is 5.97. The van der Waals surface area contributed by atoms with Crippen LogP contribution in [0.1, 0.15) is 75.2 Å².